The monoisotopic (exact) mass is 461 g/mol. The second-order valence-electron chi connectivity index (χ2n) is 7.61. The molecule has 0 unspecified atom stereocenters. The SMILES string of the molecule is CS(=O)(=O)c1cc(Cl)ccc1COc1c(C2CCC2)ccc(-c2cnc(N)cn2)c1F. The summed E-state index contributed by atoms with van der Waals surface area (Å²) in [5.74, 6) is -0.00743. The number of nitrogens with zero attached hydrogens (tertiary/aromatic N) is 2. The van der Waals surface area contributed by atoms with Crippen molar-refractivity contribution in [1.82, 2.24) is 9.97 Å². The Labute approximate surface area is 185 Å². The molecular weight excluding hydrogens is 441 g/mol. The second kappa shape index (κ2) is 8.43. The van der Waals surface area contributed by atoms with Crippen LogP contribution in [0.15, 0.2) is 47.6 Å². The predicted molar refractivity (Wildman–Crippen MR) is 117 cm³/mol. The Hall–Kier alpha value is -2.71. The third-order valence-corrected chi connectivity index (χ3v) is 6.84. The van der Waals surface area contributed by atoms with Crippen molar-refractivity contribution < 1.29 is 17.5 Å². The highest BCUT2D eigenvalue weighted by molar-refractivity contribution is 7.90. The van der Waals surface area contributed by atoms with Gasteiger partial charge in [0.25, 0.3) is 0 Å². The molecule has 0 aliphatic heterocycles. The van der Waals surface area contributed by atoms with Crippen LogP contribution in [0.5, 0.6) is 5.75 Å². The molecule has 1 aromatic heterocycles. The van der Waals surface area contributed by atoms with Crippen molar-refractivity contribution in [3.05, 3.63) is 64.7 Å². The van der Waals surface area contributed by atoms with Crippen LogP contribution >= 0.6 is 11.6 Å². The van der Waals surface area contributed by atoms with Crippen LogP contribution in [0.2, 0.25) is 5.02 Å². The van der Waals surface area contributed by atoms with Gasteiger partial charge in [0.05, 0.1) is 23.0 Å². The fourth-order valence-electron chi connectivity index (χ4n) is 3.58. The van der Waals surface area contributed by atoms with Gasteiger partial charge in [-0.1, -0.05) is 30.2 Å². The second-order valence-corrected chi connectivity index (χ2v) is 10.0. The van der Waals surface area contributed by atoms with Gasteiger partial charge in [0, 0.05) is 28.0 Å². The average molecular weight is 462 g/mol. The number of nitrogen functional groups attached to an aromatic ring is 1. The molecule has 0 bridgehead atoms. The van der Waals surface area contributed by atoms with E-state index in [1.165, 1.54) is 18.5 Å². The third-order valence-electron chi connectivity index (χ3n) is 5.42. The van der Waals surface area contributed by atoms with Gasteiger partial charge in [0.1, 0.15) is 12.4 Å². The molecule has 4 rings (SSSR count). The zero-order valence-electron chi connectivity index (χ0n) is 16.8. The van der Waals surface area contributed by atoms with Crippen molar-refractivity contribution in [2.24, 2.45) is 0 Å². The van der Waals surface area contributed by atoms with Crippen molar-refractivity contribution >= 4 is 27.3 Å². The molecule has 0 amide bonds. The van der Waals surface area contributed by atoms with Crippen molar-refractivity contribution in [3.63, 3.8) is 0 Å². The number of sulfone groups is 1. The van der Waals surface area contributed by atoms with E-state index in [0.29, 0.717) is 16.3 Å². The van der Waals surface area contributed by atoms with Crippen LogP contribution in [0.3, 0.4) is 0 Å². The van der Waals surface area contributed by atoms with Gasteiger partial charge in [-0.25, -0.2) is 17.8 Å². The van der Waals surface area contributed by atoms with Crippen molar-refractivity contribution in [3.8, 4) is 17.0 Å². The van der Waals surface area contributed by atoms with Crippen LogP contribution in [0, 0.1) is 5.82 Å². The van der Waals surface area contributed by atoms with Crippen molar-refractivity contribution in [2.75, 3.05) is 12.0 Å². The number of halogens is 2. The summed E-state index contributed by atoms with van der Waals surface area (Å²) in [6.07, 6.45) is 6.84. The fraction of sp³-hybridized carbons (Fsp3) is 0.273. The third kappa shape index (κ3) is 4.50. The molecule has 0 saturated heterocycles. The number of hydrogen-bond donors (Lipinski definition) is 1. The molecule has 162 valence electrons. The molecule has 6 nitrogen and oxygen atoms in total. The summed E-state index contributed by atoms with van der Waals surface area (Å²) in [6, 6.07) is 8.04. The number of ether oxygens (including phenoxy) is 1. The summed E-state index contributed by atoms with van der Waals surface area (Å²) >= 11 is 5.97. The average Bonchev–Trinajstić information content (AvgIpc) is 2.67. The summed E-state index contributed by atoms with van der Waals surface area (Å²) in [5, 5.41) is 0.300. The standard InChI is InChI=1S/C22H21ClFN3O3S/c1-31(28,29)19-9-15(23)6-5-14(19)12-30-22-16(13-3-2-4-13)7-8-17(21(22)24)18-10-27-20(25)11-26-18/h5-11,13H,2-4,12H2,1H3,(H2,25,27). The normalized spacial score (nSPS) is 14.3. The molecule has 0 spiro atoms. The van der Waals surface area contributed by atoms with Gasteiger partial charge >= 0.3 is 0 Å². The molecule has 9 heteroatoms. The maximum absolute atomic E-state index is 15.6. The summed E-state index contributed by atoms with van der Waals surface area (Å²) in [7, 11) is -3.53. The lowest BCUT2D eigenvalue weighted by molar-refractivity contribution is 0.276. The minimum atomic E-state index is -3.53. The molecule has 1 aliphatic carbocycles. The van der Waals surface area contributed by atoms with E-state index in [4.69, 9.17) is 22.1 Å². The lowest BCUT2D eigenvalue weighted by Crippen LogP contribution is -2.13. The summed E-state index contributed by atoms with van der Waals surface area (Å²) in [4.78, 5) is 8.20. The number of rotatable bonds is 6. The quantitative estimate of drug-likeness (QED) is 0.568. The first-order valence-electron chi connectivity index (χ1n) is 9.75. The summed E-state index contributed by atoms with van der Waals surface area (Å²) in [5.41, 5.74) is 7.33. The van der Waals surface area contributed by atoms with Crippen LogP contribution < -0.4 is 10.5 Å². The first-order chi connectivity index (χ1) is 14.7. The van der Waals surface area contributed by atoms with Crippen molar-refractivity contribution in [2.45, 2.75) is 36.7 Å². The van der Waals surface area contributed by atoms with Crippen LogP contribution in [0.4, 0.5) is 10.2 Å². The lowest BCUT2D eigenvalue weighted by atomic mass is 9.79. The molecule has 2 aromatic carbocycles. The lowest BCUT2D eigenvalue weighted by Gasteiger charge is -2.28. The van der Waals surface area contributed by atoms with Gasteiger partial charge in [0.2, 0.25) is 0 Å². The minimum Gasteiger partial charge on any atom is -0.485 e. The Kier molecular flexibility index (Phi) is 5.85. The molecule has 0 atom stereocenters. The van der Waals surface area contributed by atoms with Crippen LogP contribution in [0.25, 0.3) is 11.3 Å². The molecule has 0 radical (unpaired) electrons. The predicted octanol–water partition coefficient (Wildman–Crippen LogP) is 4.77. The molecule has 1 aliphatic rings. The van der Waals surface area contributed by atoms with E-state index in [0.717, 1.165) is 31.1 Å². The maximum Gasteiger partial charge on any atom is 0.175 e. The first kappa shape index (κ1) is 21.5. The van der Waals surface area contributed by atoms with E-state index in [-0.39, 0.29) is 34.6 Å². The zero-order chi connectivity index (χ0) is 22.2. The Morgan fingerprint density at radius 2 is 1.97 bits per heavy atom. The van der Waals surface area contributed by atoms with E-state index in [1.54, 1.807) is 18.2 Å². The topological polar surface area (TPSA) is 95.2 Å². The number of aromatic nitrogens is 2. The number of nitrogens with two attached hydrogens (primary N) is 1. The Morgan fingerprint density at radius 3 is 2.58 bits per heavy atom. The van der Waals surface area contributed by atoms with E-state index in [1.807, 2.05) is 6.07 Å². The molecule has 31 heavy (non-hydrogen) atoms. The van der Waals surface area contributed by atoms with E-state index in [9.17, 15) is 8.42 Å². The molecular formula is C22H21ClFN3O3S. The Balaban J connectivity index is 1.73. The number of anilines is 1. The van der Waals surface area contributed by atoms with Gasteiger partial charge in [-0.2, -0.15) is 0 Å². The number of benzene rings is 2. The van der Waals surface area contributed by atoms with Crippen LogP contribution in [0.1, 0.15) is 36.3 Å². The molecule has 2 N–H and O–H groups in total. The zero-order valence-corrected chi connectivity index (χ0v) is 18.4. The van der Waals surface area contributed by atoms with Crippen molar-refractivity contribution in [1.29, 1.82) is 0 Å². The van der Waals surface area contributed by atoms with E-state index < -0.39 is 15.7 Å². The molecule has 3 aromatic rings. The van der Waals surface area contributed by atoms with E-state index >= 15 is 4.39 Å². The van der Waals surface area contributed by atoms with Crippen LogP contribution in [-0.4, -0.2) is 24.6 Å². The van der Waals surface area contributed by atoms with E-state index in [2.05, 4.69) is 9.97 Å². The summed E-state index contributed by atoms with van der Waals surface area (Å²) in [6.45, 7) is -0.118. The van der Waals surface area contributed by atoms with Gasteiger partial charge < -0.3 is 10.5 Å². The van der Waals surface area contributed by atoms with Crippen LogP contribution in [-0.2, 0) is 16.4 Å². The largest absolute Gasteiger partial charge is 0.485 e. The first-order valence-corrected chi connectivity index (χ1v) is 12.0. The maximum atomic E-state index is 15.6. The smallest absolute Gasteiger partial charge is 0.175 e. The van der Waals surface area contributed by atoms with Gasteiger partial charge in [-0.15, -0.1) is 0 Å². The minimum absolute atomic E-state index is 0.0613. The molecule has 1 heterocycles. The fourth-order valence-corrected chi connectivity index (χ4v) is 4.76. The highest BCUT2D eigenvalue weighted by Gasteiger charge is 2.27. The summed E-state index contributed by atoms with van der Waals surface area (Å²) < 4.78 is 45.8. The Bertz CT molecular complexity index is 1230. The highest BCUT2D eigenvalue weighted by atomic mass is 35.5. The Morgan fingerprint density at radius 1 is 1.19 bits per heavy atom. The van der Waals surface area contributed by atoms with Gasteiger partial charge in [0.15, 0.2) is 21.4 Å². The highest BCUT2D eigenvalue weighted by Crippen LogP contribution is 2.44. The molecule has 1 saturated carbocycles. The molecule has 1 fully saturated rings. The van der Waals surface area contributed by atoms with Gasteiger partial charge in [-0.05, 0) is 37.0 Å². The number of hydrogen-bond acceptors (Lipinski definition) is 6. The van der Waals surface area contributed by atoms with Gasteiger partial charge in [-0.3, -0.25) is 4.98 Å².